The third-order valence-corrected chi connectivity index (χ3v) is 4.70. The van der Waals surface area contributed by atoms with E-state index in [1.807, 2.05) is 0 Å². The summed E-state index contributed by atoms with van der Waals surface area (Å²) in [6, 6.07) is 1.02. The number of carbonyl (C=O) groups is 1. The van der Waals surface area contributed by atoms with Crippen LogP contribution in [0.5, 0.6) is 0 Å². The van der Waals surface area contributed by atoms with Gasteiger partial charge in [-0.2, -0.15) is 11.8 Å². The van der Waals surface area contributed by atoms with Crippen molar-refractivity contribution in [2.24, 2.45) is 5.92 Å². The SMILES string of the molecule is O=C(NCCSCCCO)C1CC2CCC1N2. The van der Waals surface area contributed by atoms with Crippen molar-refractivity contribution in [1.29, 1.82) is 0 Å². The molecule has 3 unspecified atom stereocenters. The lowest BCUT2D eigenvalue weighted by Gasteiger charge is -2.19. The predicted octanol–water partition coefficient (Wildman–Crippen LogP) is 0.359. The summed E-state index contributed by atoms with van der Waals surface area (Å²) in [7, 11) is 0. The van der Waals surface area contributed by atoms with Crippen molar-refractivity contribution >= 4 is 17.7 Å². The van der Waals surface area contributed by atoms with Gasteiger partial charge in [0.15, 0.2) is 0 Å². The summed E-state index contributed by atoms with van der Waals surface area (Å²) in [5.41, 5.74) is 0. The van der Waals surface area contributed by atoms with Crippen molar-refractivity contribution in [3.63, 3.8) is 0 Å². The smallest absolute Gasteiger partial charge is 0.224 e. The van der Waals surface area contributed by atoms with Gasteiger partial charge in [-0.25, -0.2) is 0 Å². The molecule has 2 fully saturated rings. The van der Waals surface area contributed by atoms with Gasteiger partial charge < -0.3 is 15.7 Å². The predicted molar refractivity (Wildman–Crippen MR) is 70.1 cm³/mol. The van der Waals surface area contributed by atoms with E-state index in [2.05, 4.69) is 10.6 Å². The Hall–Kier alpha value is -0.260. The highest BCUT2D eigenvalue weighted by Crippen LogP contribution is 2.33. The van der Waals surface area contributed by atoms with Crippen LogP contribution in [0.15, 0.2) is 0 Å². The first kappa shape index (κ1) is 13.2. The van der Waals surface area contributed by atoms with Crippen molar-refractivity contribution < 1.29 is 9.90 Å². The van der Waals surface area contributed by atoms with Crippen LogP contribution in [-0.4, -0.2) is 47.8 Å². The van der Waals surface area contributed by atoms with Crippen LogP contribution >= 0.6 is 11.8 Å². The number of nitrogens with one attached hydrogen (secondary N) is 2. The summed E-state index contributed by atoms with van der Waals surface area (Å²) in [6.45, 7) is 1.01. The fraction of sp³-hybridized carbons (Fsp3) is 0.917. The first-order chi connectivity index (χ1) is 8.31. The lowest BCUT2D eigenvalue weighted by molar-refractivity contribution is -0.125. The Balaban J connectivity index is 1.55. The summed E-state index contributed by atoms with van der Waals surface area (Å²) < 4.78 is 0. The van der Waals surface area contributed by atoms with Crippen molar-refractivity contribution in [3.8, 4) is 0 Å². The minimum Gasteiger partial charge on any atom is -0.396 e. The molecular formula is C12H22N2O2S. The molecule has 3 N–H and O–H groups in total. The zero-order valence-electron chi connectivity index (χ0n) is 10.2. The summed E-state index contributed by atoms with van der Waals surface area (Å²) in [5, 5.41) is 15.1. The zero-order chi connectivity index (χ0) is 12.1. The van der Waals surface area contributed by atoms with Crippen LogP contribution in [0, 0.1) is 5.92 Å². The second kappa shape index (κ2) is 6.61. The largest absolute Gasteiger partial charge is 0.396 e. The van der Waals surface area contributed by atoms with E-state index >= 15 is 0 Å². The molecule has 2 bridgehead atoms. The molecule has 0 radical (unpaired) electrons. The molecule has 0 spiro atoms. The molecule has 5 heteroatoms. The number of rotatable bonds is 7. The summed E-state index contributed by atoms with van der Waals surface area (Å²) in [5.74, 6) is 2.35. The van der Waals surface area contributed by atoms with Gasteiger partial charge in [-0.15, -0.1) is 0 Å². The number of amides is 1. The molecule has 2 aliphatic rings. The molecule has 2 rings (SSSR count). The Morgan fingerprint density at radius 1 is 1.41 bits per heavy atom. The monoisotopic (exact) mass is 258 g/mol. The summed E-state index contributed by atoms with van der Waals surface area (Å²) in [4.78, 5) is 11.9. The Morgan fingerprint density at radius 3 is 2.94 bits per heavy atom. The first-order valence-corrected chi connectivity index (χ1v) is 7.69. The maximum atomic E-state index is 11.9. The molecular weight excluding hydrogens is 236 g/mol. The molecule has 98 valence electrons. The molecule has 2 aliphatic heterocycles. The number of aliphatic hydroxyl groups is 1. The minimum atomic E-state index is 0.205. The van der Waals surface area contributed by atoms with E-state index in [1.54, 1.807) is 11.8 Å². The number of hydrogen-bond acceptors (Lipinski definition) is 4. The lowest BCUT2D eigenvalue weighted by atomic mass is 9.88. The zero-order valence-corrected chi connectivity index (χ0v) is 11.0. The van der Waals surface area contributed by atoms with Gasteiger partial charge in [0.1, 0.15) is 0 Å². The van der Waals surface area contributed by atoms with E-state index in [-0.39, 0.29) is 18.4 Å². The molecule has 0 saturated carbocycles. The highest BCUT2D eigenvalue weighted by Gasteiger charge is 2.42. The fourth-order valence-corrected chi connectivity index (χ4v) is 3.54. The van der Waals surface area contributed by atoms with E-state index in [9.17, 15) is 4.79 Å². The molecule has 0 aromatic heterocycles. The third-order valence-electron chi connectivity index (χ3n) is 3.63. The molecule has 17 heavy (non-hydrogen) atoms. The normalized spacial score (nSPS) is 30.8. The molecule has 2 saturated heterocycles. The quantitative estimate of drug-likeness (QED) is 0.577. The van der Waals surface area contributed by atoms with Gasteiger partial charge in [-0.05, 0) is 31.4 Å². The third kappa shape index (κ3) is 3.60. The first-order valence-electron chi connectivity index (χ1n) is 6.53. The van der Waals surface area contributed by atoms with E-state index < -0.39 is 0 Å². The van der Waals surface area contributed by atoms with Crippen LogP contribution in [0.25, 0.3) is 0 Å². The Labute approximate surface area is 107 Å². The van der Waals surface area contributed by atoms with Gasteiger partial charge in [0.25, 0.3) is 0 Å². The minimum absolute atomic E-state index is 0.205. The van der Waals surface area contributed by atoms with Crippen molar-refractivity contribution in [2.75, 3.05) is 24.7 Å². The maximum absolute atomic E-state index is 11.9. The van der Waals surface area contributed by atoms with Crippen LogP contribution in [0.4, 0.5) is 0 Å². The van der Waals surface area contributed by atoms with E-state index in [1.165, 1.54) is 6.42 Å². The molecule has 0 aromatic carbocycles. The lowest BCUT2D eigenvalue weighted by Crippen LogP contribution is -2.38. The van der Waals surface area contributed by atoms with Crippen molar-refractivity contribution in [2.45, 2.75) is 37.8 Å². The van der Waals surface area contributed by atoms with E-state index in [0.717, 1.165) is 37.3 Å². The van der Waals surface area contributed by atoms with Crippen molar-refractivity contribution in [1.82, 2.24) is 10.6 Å². The molecule has 3 atom stereocenters. The topological polar surface area (TPSA) is 61.4 Å². The highest BCUT2D eigenvalue weighted by atomic mass is 32.2. The molecule has 4 nitrogen and oxygen atoms in total. The maximum Gasteiger partial charge on any atom is 0.224 e. The van der Waals surface area contributed by atoms with Gasteiger partial charge >= 0.3 is 0 Å². The van der Waals surface area contributed by atoms with Gasteiger partial charge in [0.2, 0.25) is 5.91 Å². The van der Waals surface area contributed by atoms with Gasteiger partial charge in [-0.1, -0.05) is 0 Å². The molecule has 1 amide bonds. The highest BCUT2D eigenvalue weighted by molar-refractivity contribution is 7.99. The van der Waals surface area contributed by atoms with E-state index in [4.69, 9.17) is 5.11 Å². The van der Waals surface area contributed by atoms with Crippen LogP contribution in [-0.2, 0) is 4.79 Å². The standard InChI is InChI=1S/C12H22N2O2S/c15-5-1-6-17-7-4-13-12(16)10-8-9-2-3-11(10)14-9/h9-11,14-15H,1-8H2,(H,13,16). The second-order valence-corrected chi connectivity index (χ2v) is 6.09. The summed E-state index contributed by atoms with van der Waals surface area (Å²) >= 11 is 1.79. The number of aliphatic hydroxyl groups excluding tert-OH is 1. The molecule has 0 aliphatic carbocycles. The Bertz CT molecular complexity index is 263. The molecule has 2 heterocycles. The second-order valence-electron chi connectivity index (χ2n) is 4.87. The Kier molecular flexibility index (Phi) is 5.13. The summed E-state index contributed by atoms with van der Waals surface area (Å²) in [6.07, 6.45) is 4.27. The van der Waals surface area contributed by atoms with Crippen LogP contribution in [0.3, 0.4) is 0 Å². The van der Waals surface area contributed by atoms with Crippen LogP contribution in [0.2, 0.25) is 0 Å². The average Bonchev–Trinajstić information content (AvgIpc) is 2.95. The molecule has 0 aromatic rings. The number of hydrogen-bond donors (Lipinski definition) is 3. The van der Waals surface area contributed by atoms with Gasteiger partial charge in [-0.3, -0.25) is 4.79 Å². The number of fused-ring (bicyclic) bond motifs is 2. The number of carbonyl (C=O) groups excluding carboxylic acids is 1. The van der Waals surface area contributed by atoms with Crippen LogP contribution in [0.1, 0.15) is 25.7 Å². The van der Waals surface area contributed by atoms with Gasteiger partial charge in [0.05, 0.1) is 5.92 Å². The Morgan fingerprint density at radius 2 is 2.29 bits per heavy atom. The van der Waals surface area contributed by atoms with Crippen LogP contribution < -0.4 is 10.6 Å². The van der Waals surface area contributed by atoms with Gasteiger partial charge in [0, 0.05) is 31.0 Å². The van der Waals surface area contributed by atoms with E-state index in [0.29, 0.717) is 12.1 Å². The number of thioether (sulfide) groups is 1. The van der Waals surface area contributed by atoms with Crippen molar-refractivity contribution in [3.05, 3.63) is 0 Å². The average molecular weight is 258 g/mol. The fourth-order valence-electron chi connectivity index (χ4n) is 2.76.